The molecule has 0 fully saturated rings. The molecule has 0 radical (unpaired) electrons. The van der Waals surface area contributed by atoms with Gasteiger partial charge in [0.2, 0.25) is 0 Å². The third-order valence-corrected chi connectivity index (χ3v) is 3.57. The number of esters is 1. The number of carbonyl (C=O) groups excluding carboxylic acids is 1. The maximum atomic E-state index is 11.6. The van der Waals surface area contributed by atoms with Crippen LogP contribution < -0.4 is 0 Å². The van der Waals surface area contributed by atoms with Gasteiger partial charge in [0.05, 0.1) is 29.9 Å². The van der Waals surface area contributed by atoms with E-state index in [1.54, 1.807) is 18.5 Å². The Labute approximate surface area is 122 Å². The molecule has 0 saturated carbocycles. The molecule has 0 spiro atoms. The van der Waals surface area contributed by atoms with Crippen molar-refractivity contribution in [1.82, 2.24) is 14.5 Å². The van der Waals surface area contributed by atoms with Gasteiger partial charge in [0, 0.05) is 18.8 Å². The van der Waals surface area contributed by atoms with E-state index in [-0.39, 0.29) is 5.97 Å². The number of hydrogen-bond donors (Lipinski definition) is 0. The van der Waals surface area contributed by atoms with Gasteiger partial charge >= 0.3 is 5.97 Å². The van der Waals surface area contributed by atoms with E-state index in [9.17, 15) is 4.79 Å². The average Bonchev–Trinajstić information content (AvgIpc) is 2.84. The lowest BCUT2D eigenvalue weighted by molar-refractivity contribution is 0.0600. The number of rotatable bonds is 2. The molecule has 5 heteroatoms. The second-order valence-corrected chi connectivity index (χ2v) is 4.88. The van der Waals surface area contributed by atoms with Gasteiger partial charge in [-0.05, 0) is 30.7 Å². The summed E-state index contributed by atoms with van der Waals surface area (Å²) in [7, 11) is 3.34. The monoisotopic (exact) mass is 281 g/mol. The van der Waals surface area contributed by atoms with E-state index in [4.69, 9.17) is 4.74 Å². The van der Waals surface area contributed by atoms with E-state index < -0.39 is 0 Å². The van der Waals surface area contributed by atoms with Crippen molar-refractivity contribution in [1.29, 1.82) is 0 Å². The molecule has 0 aliphatic rings. The second kappa shape index (κ2) is 5.01. The Balaban J connectivity index is 2.13. The first-order valence-electron chi connectivity index (χ1n) is 6.57. The van der Waals surface area contributed by atoms with Crippen LogP contribution in [-0.2, 0) is 11.8 Å². The Morgan fingerprint density at radius 3 is 2.76 bits per heavy atom. The third kappa shape index (κ3) is 2.16. The largest absolute Gasteiger partial charge is 0.465 e. The van der Waals surface area contributed by atoms with Gasteiger partial charge in [0.1, 0.15) is 5.82 Å². The minimum absolute atomic E-state index is 0.326. The number of ether oxygens (including phenoxy) is 1. The molecule has 0 N–H and O–H groups in total. The number of fused-ring (bicyclic) bond motifs is 1. The number of nitrogens with zero attached hydrogens (tertiary/aromatic N) is 3. The van der Waals surface area contributed by atoms with Crippen LogP contribution in [0.3, 0.4) is 0 Å². The highest BCUT2D eigenvalue weighted by Crippen LogP contribution is 2.25. The third-order valence-electron chi connectivity index (χ3n) is 3.57. The number of methoxy groups -OCH3 is 1. The van der Waals surface area contributed by atoms with Crippen molar-refractivity contribution >= 4 is 17.0 Å². The highest BCUT2D eigenvalue weighted by Gasteiger charge is 2.13. The SMILES string of the molecule is COC(=O)c1ccc(-c2nc3ccncc3n2C)cc1C. The van der Waals surface area contributed by atoms with Crippen molar-refractivity contribution in [2.45, 2.75) is 6.92 Å². The molecule has 106 valence electrons. The molecule has 0 atom stereocenters. The molecular formula is C16H15N3O2. The van der Waals surface area contributed by atoms with Crippen molar-refractivity contribution in [3.05, 3.63) is 47.8 Å². The molecule has 2 heterocycles. The Hall–Kier alpha value is -2.69. The van der Waals surface area contributed by atoms with Crippen LogP contribution in [-0.4, -0.2) is 27.6 Å². The standard InChI is InChI=1S/C16H15N3O2/c1-10-8-11(4-5-12(10)16(20)21-3)15-18-13-6-7-17-9-14(13)19(15)2/h4-9H,1-3H3. The van der Waals surface area contributed by atoms with Crippen molar-refractivity contribution in [3.63, 3.8) is 0 Å². The number of aromatic nitrogens is 3. The lowest BCUT2D eigenvalue weighted by atomic mass is 10.0. The molecule has 3 rings (SSSR count). The highest BCUT2D eigenvalue weighted by atomic mass is 16.5. The van der Waals surface area contributed by atoms with Gasteiger partial charge in [-0.1, -0.05) is 6.07 Å². The number of aryl methyl sites for hydroxylation is 2. The topological polar surface area (TPSA) is 57.0 Å². The van der Waals surface area contributed by atoms with Gasteiger partial charge in [-0.3, -0.25) is 4.98 Å². The van der Waals surface area contributed by atoms with Crippen LogP contribution in [0.2, 0.25) is 0 Å². The van der Waals surface area contributed by atoms with Gasteiger partial charge in [-0.25, -0.2) is 9.78 Å². The number of hydrogen-bond acceptors (Lipinski definition) is 4. The van der Waals surface area contributed by atoms with Crippen LogP contribution in [0.5, 0.6) is 0 Å². The fourth-order valence-electron chi connectivity index (χ4n) is 2.43. The van der Waals surface area contributed by atoms with E-state index in [0.717, 1.165) is 28.0 Å². The van der Waals surface area contributed by atoms with E-state index in [2.05, 4.69) is 9.97 Å². The van der Waals surface area contributed by atoms with Crippen molar-refractivity contribution in [2.24, 2.45) is 7.05 Å². The van der Waals surface area contributed by atoms with Crippen LogP contribution in [0.1, 0.15) is 15.9 Å². The molecule has 2 aromatic heterocycles. The zero-order chi connectivity index (χ0) is 15.0. The second-order valence-electron chi connectivity index (χ2n) is 4.88. The summed E-state index contributed by atoms with van der Waals surface area (Å²) in [5.74, 6) is 0.519. The minimum atomic E-state index is -0.326. The highest BCUT2D eigenvalue weighted by molar-refractivity contribution is 5.91. The molecule has 0 amide bonds. The first kappa shape index (κ1) is 13.3. The maximum absolute atomic E-state index is 11.6. The van der Waals surface area contributed by atoms with Crippen molar-refractivity contribution < 1.29 is 9.53 Å². The number of carbonyl (C=O) groups is 1. The van der Waals surface area contributed by atoms with Gasteiger partial charge in [0.25, 0.3) is 0 Å². The lowest BCUT2D eigenvalue weighted by Gasteiger charge is -2.07. The summed E-state index contributed by atoms with van der Waals surface area (Å²) in [4.78, 5) is 20.4. The summed E-state index contributed by atoms with van der Waals surface area (Å²) in [6.45, 7) is 1.89. The van der Waals surface area contributed by atoms with Crippen LogP contribution >= 0.6 is 0 Å². The molecule has 3 aromatic rings. The number of benzene rings is 1. The summed E-state index contributed by atoms with van der Waals surface area (Å²) in [5, 5.41) is 0. The predicted molar refractivity (Wildman–Crippen MR) is 80.0 cm³/mol. The first-order chi connectivity index (χ1) is 10.1. The molecular weight excluding hydrogens is 266 g/mol. The molecule has 0 bridgehead atoms. The quantitative estimate of drug-likeness (QED) is 0.678. The summed E-state index contributed by atoms with van der Waals surface area (Å²) < 4.78 is 6.76. The molecule has 5 nitrogen and oxygen atoms in total. The minimum Gasteiger partial charge on any atom is -0.465 e. The van der Waals surface area contributed by atoms with Crippen LogP contribution in [0.25, 0.3) is 22.4 Å². The van der Waals surface area contributed by atoms with Gasteiger partial charge in [-0.2, -0.15) is 0 Å². The van der Waals surface area contributed by atoms with E-state index >= 15 is 0 Å². The van der Waals surface area contributed by atoms with Crippen molar-refractivity contribution in [2.75, 3.05) is 7.11 Å². The summed E-state index contributed by atoms with van der Waals surface area (Å²) >= 11 is 0. The summed E-state index contributed by atoms with van der Waals surface area (Å²) in [6, 6.07) is 7.48. The van der Waals surface area contributed by atoms with E-state index in [0.29, 0.717) is 5.56 Å². The predicted octanol–water partition coefficient (Wildman–Crippen LogP) is 2.73. The van der Waals surface area contributed by atoms with Gasteiger partial charge in [0.15, 0.2) is 0 Å². The first-order valence-corrected chi connectivity index (χ1v) is 6.57. The maximum Gasteiger partial charge on any atom is 0.338 e. The summed E-state index contributed by atoms with van der Waals surface area (Å²) in [5.41, 5.74) is 4.27. The van der Waals surface area contributed by atoms with Crippen LogP contribution in [0.4, 0.5) is 0 Å². The average molecular weight is 281 g/mol. The molecule has 0 saturated heterocycles. The van der Waals surface area contributed by atoms with Gasteiger partial charge in [-0.15, -0.1) is 0 Å². The molecule has 1 aromatic carbocycles. The summed E-state index contributed by atoms with van der Waals surface area (Å²) in [6.07, 6.45) is 3.52. The Kier molecular flexibility index (Phi) is 3.17. The molecule has 0 aliphatic carbocycles. The Morgan fingerprint density at radius 2 is 2.10 bits per heavy atom. The molecule has 21 heavy (non-hydrogen) atoms. The lowest BCUT2D eigenvalue weighted by Crippen LogP contribution is -2.04. The van der Waals surface area contributed by atoms with E-state index in [1.807, 2.05) is 36.7 Å². The zero-order valence-electron chi connectivity index (χ0n) is 12.1. The smallest absolute Gasteiger partial charge is 0.338 e. The fraction of sp³-hybridized carbons (Fsp3) is 0.188. The number of pyridine rings is 1. The normalized spacial score (nSPS) is 10.8. The van der Waals surface area contributed by atoms with Crippen molar-refractivity contribution in [3.8, 4) is 11.4 Å². The van der Waals surface area contributed by atoms with Gasteiger partial charge < -0.3 is 9.30 Å². The fourth-order valence-corrected chi connectivity index (χ4v) is 2.43. The van der Waals surface area contributed by atoms with Crippen LogP contribution in [0, 0.1) is 6.92 Å². The zero-order valence-corrected chi connectivity index (χ0v) is 12.1. The van der Waals surface area contributed by atoms with E-state index in [1.165, 1.54) is 7.11 Å². The molecule has 0 unspecified atom stereocenters. The Bertz CT molecular complexity index is 837. The molecule has 0 aliphatic heterocycles. The number of imidazole rings is 1. The Morgan fingerprint density at radius 1 is 1.29 bits per heavy atom. The van der Waals surface area contributed by atoms with Crippen LogP contribution in [0.15, 0.2) is 36.7 Å².